The van der Waals surface area contributed by atoms with Gasteiger partial charge in [0.25, 0.3) is 0 Å². The van der Waals surface area contributed by atoms with Crippen LogP contribution in [0.1, 0.15) is 46.0 Å². The summed E-state index contributed by atoms with van der Waals surface area (Å²) in [5.74, 6) is -0.563. The number of hydrogen-bond acceptors (Lipinski definition) is 4. The second-order valence-corrected chi connectivity index (χ2v) is 5.74. The lowest BCUT2D eigenvalue weighted by atomic mass is 10.2. The van der Waals surface area contributed by atoms with Crippen molar-refractivity contribution in [3.05, 3.63) is 21.4 Å². The van der Waals surface area contributed by atoms with Crippen LogP contribution < -0.4 is 0 Å². The van der Waals surface area contributed by atoms with Crippen LogP contribution >= 0.6 is 24.4 Å². The zero-order chi connectivity index (χ0) is 16.5. The molecule has 1 rings (SSSR count). The number of aromatic nitrogens is 2. The predicted octanol–water partition coefficient (Wildman–Crippen LogP) is 4.42. The predicted molar refractivity (Wildman–Crippen MR) is 89.4 cm³/mol. The molecule has 1 heterocycles. The van der Waals surface area contributed by atoms with Crippen molar-refractivity contribution >= 4 is 30.4 Å². The number of ether oxygens (including phenoxy) is 1. The molecule has 0 atom stereocenters. The van der Waals surface area contributed by atoms with Gasteiger partial charge < -0.3 is 13.9 Å². The molecule has 0 radical (unpaired) electrons. The zero-order valence-electron chi connectivity index (χ0n) is 13.1. The summed E-state index contributed by atoms with van der Waals surface area (Å²) < 4.78 is 22.9. The van der Waals surface area contributed by atoms with Gasteiger partial charge in [-0.1, -0.05) is 25.6 Å². The quantitative estimate of drug-likeness (QED) is 0.377. The van der Waals surface area contributed by atoms with E-state index in [-0.39, 0.29) is 10.6 Å². The van der Waals surface area contributed by atoms with Crippen LogP contribution in [0.25, 0.3) is 0 Å². The Morgan fingerprint density at radius 2 is 1.91 bits per heavy atom. The number of carbonyl (C=O) groups excluding carboxylic acids is 1. The van der Waals surface area contributed by atoms with E-state index < -0.39 is 5.82 Å². The van der Waals surface area contributed by atoms with Crippen molar-refractivity contribution in [1.29, 1.82) is 0 Å². The van der Waals surface area contributed by atoms with Crippen LogP contribution in [0, 0.1) is 15.2 Å². The van der Waals surface area contributed by atoms with Gasteiger partial charge in [-0.2, -0.15) is 0 Å². The topological polar surface area (TPSA) is 36.2 Å². The van der Waals surface area contributed by atoms with E-state index in [0.717, 1.165) is 25.7 Å². The highest BCUT2D eigenvalue weighted by Crippen LogP contribution is 2.08. The molecule has 4 nitrogen and oxygen atoms in total. The maximum absolute atomic E-state index is 13.8. The molecule has 0 spiro atoms. The number of carbonyl (C=O) groups is 1. The van der Waals surface area contributed by atoms with Crippen LogP contribution in [0.4, 0.5) is 4.39 Å². The van der Waals surface area contributed by atoms with Crippen molar-refractivity contribution in [3.8, 4) is 0 Å². The molecule has 22 heavy (non-hydrogen) atoms. The summed E-state index contributed by atoms with van der Waals surface area (Å²) in [7, 11) is 0. The van der Waals surface area contributed by atoms with Crippen LogP contribution in [0.3, 0.4) is 0 Å². The maximum atomic E-state index is 13.8. The Hall–Kier alpha value is -1.08. The Morgan fingerprint density at radius 1 is 1.23 bits per heavy atom. The van der Waals surface area contributed by atoms with E-state index in [2.05, 4.69) is 0 Å². The summed E-state index contributed by atoms with van der Waals surface area (Å²) in [6, 6.07) is 0. The molecule has 0 saturated carbocycles. The summed E-state index contributed by atoms with van der Waals surface area (Å²) in [6.45, 7) is 5.38. The Labute approximate surface area is 140 Å². The molecule has 0 N–H and O–H groups in total. The van der Waals surface area contributed by atoms with Gasteiger partial charge >= 0.3 is 5.97 Å². The van der Waals surface area contributed by atoms with Gasteiger partial charge in [-0.05, 0) is 38.4 Å². The average Bonchev–Trinajstić information content (AvgIpc) is 2.51. The molecule has 0 aromatic carbocycles. The first-order valence-corrected chi connectivity index (χ1v) is 8.48. The van der Waals surface area contributed by atoms with E-state index in [9.17, 15) is 9.18 Å². The number of aryl methyl sites for hydroxylation is 1. The largest absolute Gasteiger partial charge is 0.466 e. The van der Waals surface area contributed by atoms with E-state index in [1.54, 1.807) is 16.1 Å². The van der Waals surface area contributed by atoms with Crippen molar-refractivity contribution in [2.45, 2.75) is 59.0 Å². The minimum atomic E-state index is -0.406. The molecular weight excluding hydrogens is 323 g/mol. The molecule has 0 aliphatic heterocycles. The third-order valence-electron chi connectivity index (χ3n) is 3.36. The number of unbranched alkanes of at least 4 members (excludes halogenated alkanes) is 3. The molecule has 7 heteroatoms. The molecule has 0 fully saturated rings. The maximum Gasteiger partial charge on any atom is 0.305 e. The Kier molecular flexibility index (Phi) is 8.48. The van der Waals surface area contributed by atoms with Crippen molar-refractivity contribution in [2.75, 3.05) is 6.61 Å². The monoisotopic (exact) mass is 346 g/mol. The van der Waals surface area contributed by atoms with Gasteiger partial charge in [0.05, 0.1) is 6.61 Å². The molecule has 0 unspecified atom stereocenters. The van der Waals surface area contributed by atoms with Gasteiger partial charge in [0.15, 0.2) is 10.6 Å². The summed E-state index contributed by atoms with van der Waals surface area (Å²) in [4.78, 5) is 11.0. The fraction of sp³-hybridized carbons (Fsp3) is 0.667. The molecule has 1 aromatic heterocycles. The number of halogens is 1. The highest BCUT2D eigenvalue weighted by atomic mass is 32.1. The lowest BCUT2D eigenvalue weighted by Crippen LogP contribution is -2.12. The van der Waals surface area contributed by atoms with E-state index in [1.165, 1.54) is 6.20 Å². The molecular formula is C15H23FN2O2S2. The summed E-state index contributed by atoms with van der Waals surface area (Å²) >= 11 is 10.4. The van der Waals surface area contributed by atoms with Crippen molar-refractivity contribution in [3.63, 3.8) is 0 Å². The van der Waals surface area contributed by atoms with Gasteiger partial charge in [-0.25, -0.2) is 4.39 Å². The third kappa shape index (κ3) is 5.61. The number of hydrogen-bond donors (Lipinski definition) is 0. The van der Waals surface area contributed by atoms with E-state index >= 15 is 0 Å². The fourth-order valence-corrected chi connectivity index (χ4v) is 2.77. The zero-order valence-corrected chi connectivity index (χ0v) is 14.8. The van der Waals surface area contributed by atoms with Crippen LogP contribution in [-0.4, -0.2) is 21.7 Å². The molecule has 0 bridgehead atoms. The second kappa shape index (κ2) is 9.84. The smallest absolute Gasteiger partial charge is 0.305 e. The van der Waals surface area contributed by atoms with Gasteiger partial charge in [-0.15, -0.1) is 0 Å². The number of rotatable bonds is 9. The number of nitrogens with zero attached hydrogens (tertiary/aromatic N) is 2. The normalized spacial score (nSPS) is 10.7. The Bertz CT molecular complexity index is 611. The molecule has 0 amide bonds. The Morgan fingerprint density at radius 3 is 2.55 bits per heavy atom. The highest BCUT2D eigenvalue weighted by molar-refractivity contribution is 7.72. The van der Waals surface area contributed by atoms with Gasteiger partial charge in [0.1, 0.15) is 4.64 Å². The van der Waals surface area contributed by atoms with Gasteiger partial charge in [0.2, 0.25) is 0 Å². The molecule has 0 aliphatic carbocycles. The van der Waals surface area contributed by atoms with E-state index in [4.69, 9.17) is 29.2 Å². The van der Waals surface area contributed by atoms with Crippen LogP contribution in [0.5, 0.6) is 0 Å². The van der Waals surface area contributed by atoms with Crippen molar-refractivity contribution in [1.82, 2.24) is 9.13 Å². The highest BCUT2D eigenvalue weighted by Gasteiger charge is 2.04. The van der Waals surface area contributed by atoms with Crippen molar-refractivity contribution < 1.29 is 13.9 Å². The van der Waals surface area contributed by atoms with Crippen molar-refractivity contribution in [2.24, 2.45) is 0 Å². The van der Waals surface area contributed by atoms with Crippen LogP contribution in [0.2, 0.25) is 0 Å². The van der Waals surface area contributed by atoms with E-state index in [0.29, 0.717) is 30.9 Å². The summed E-state index contributed by atoms with van der Waals surface area (Å²) in [5.41, 5.74) is 0. The standard InChI is InChI=1S/C15H23FN2O2S2/c1-3-13(19)20-10-8-6-5-7-9-17-11-12(16)14(21)18(4-2)15(17)22/h11H,3-10H2,1-2H3. The first kappa shape index (κ1) is 19.0. The molecule has 0 aliphatic rings. The van der Waals surface area contributed by atoms with E-state index in [1.807, 2.05) is 6.92 Å². The first-order valence-electron chi connectivity index (χ1n) is 7.66. The summed E-state index contributed by atoms with van der Waals surface area (Å²) in [5, 5.41) is 0. The molecule has 124 valence electrons. The number of esters is 1. The molecule has 1 aromatic rings. The lowest BCUT2D eigenvalue weighted by Gasteiger charge is -2.12. The average molecular weight is 346 g/mol. The minimum absolute atomic E-state index is 0.157. The Balaban J connectivity index is 2.40. The summed E-state index contributed by atoms with van der Waals surface area (Å²) in [6.07, 6.45) is 5.51. The van der Waals surface area contributed by atoms with Crippen LogP contribution in [-0.2, 0) is 22.6 Å². The minimum Gasteiger partial charge on any atom is -0.466 e. The SMILES string of the molecule is CCC(=O)OCCCCCCn1cc(F)c(=S)n(CC)c1=S. The first-order chi connectivity index (χ1) is 10.5. The third-order valence-corrected chi connectivity index (χ3v) is 4.23. The second-order valence-electron chi connectivity index (χ2n) is 4.99. The van der Waals surface area contributed by atoms with Gasteiger partial charge in [-0.3, -0.25) is 4.79 Å². The molecule has 0 saturated heterocycles. The lowest BCUT2D eigenvalue weighted by molar-refractivity contribution is -0.143. The van der Waals surface area contributed by atoms with Gasteiger partial charge in [0, 0.05) is 25.7 Å². The fourth-order valence-electron chi connectivity index (χ4n) is 2.08. The van der Waals surface area contributed by atoms with Crippen LogP contribution in [0.15, 0.2) is 6.20 Å².